The molecule has 6 nitrogen and oxygen atoms in total. The Kier molecular flexibility index (Phi) is 8.27. The zero-order valence-electron chi connectivity index (χ0n) is 17.3. The number of amides is 1. The summed E-state index contributed by atoms with van der Waals surface area (Å²) >= 11 is 0. The minimum absolute atomic E-state index is 0.347. The summed E-state index contributed by atoms with van der Waals surface area (Å²) in [5.74, 6) is -0.233. The van der Waals surface area contributed by atoms with Gasteiger partial charge in [-0.25, -0.2) is 4.79 Å². The predicted molar refractivity (Wildman–Crippen MR) is 116 cm³/mol. The van der Waals surface area contributed by atoms with E-state index in [-0.39, 0.29) is 12.5 Å². The molecule has 154 valence electrons. The molecular weight excluding hydrogens is 368 g/mol. The predicted octanol–water partition coefficient (Wildman–Crippen LogP) is 4.13. The molecule has 0 saturated carbocycles. The first-order valence-corrected chi connectivity index (χ1v) is 9.58. The van der Waals surface area contributed by atoms with Crippen molar-refractivity contribution < 1.29 is 19.1 Å². The Hall–Kier alpha value is -3.28. The molecule has 29 heavy (non-hydrogen) atoms. The van der Waals surface area contributed by atoms with Crippen LogP contribution in [0.25, 0.3) is 6.08 Å². The highest BCUT2D eigenvalue weighted by Gasteiger charge is 2.09. The van der Waals surface area contributed by atoms with Crippen molar-refractivity contribution in [1.29, 1.82) is 0 Å². The van der Waals surface area contributed by atoms with E-state index < -0.39 is 5.97 Å². The fourth-order valence-electron chi connectivity index (χ4n) is 2.84. The Morgan fingerprint density at radius 1 is 1.07 bits per heavy atom. The third kappa shape index (κ3) is 6.99. The van der Waals surface area contributed by atoms with E-state index in [9.17, 15) is 9.59 Å². The highest BCUT2D eigenvalue weighted by Crippen LogP contribution is 2.20. The highest BCUT2D eigenvalue weighted by molar-refractivity contribution is 5.94. The lowest BCUT2D eigenvalue weighted by molar-refractivity contribution is -0.142. The summed E-state index contributed by atoms with van der Waals surface area (Å²) < 4.78 is 10.1. The molecule has 0 aliphatic carbocycles. The van der Waals surface area contributed by atoms with Crippen LogP contribution in [0.5, 0.6) is 5.75 Å². The van der Waals surface area contributed by atoms with Gasteiger partial charge in [-0.05, 0) is 68.8 Å². The number of methoxy groups -OCH3 is 1. The van der Waals surface area contributed by atoms with Crippen LogP contribution >= 0.6 is 0 Å². The second-order valence-electron chi connectivity index (χ2n) is 6.69. The SMILES string of the molecule is CCN(c1ccc(NC(=O)COC(=O)/C=C/c2ccc(OC)cc2)cc1)C(C)C. The molecule has 0 atom stereocenters. The molecule has 1 N–H and O–H groups in total. The number of carbonyl (C=O) groups excluding carboxylic acids is 2. The van der Waals surface area contributed by atoms with Crippen molar-refractivity contribution in [3.05, 3.63) is 60.2 Å². The summed E-state index contributed by atoms with van der Waals surface area (Å²) in [6, 6.07) is 15.2. The van der Waals surface area contributed by atoms with Gasteiger partial charge < -0.3 is 19.7 Å². The lowest BCUT2D eigenvalue weighted by atomic mass is 10.2. The standard InChI is InChI=1S/C23H28N2O4/c1-5-25(17(2)3)20-11-9-19(10-12-20)24-22(26)16-29-23(27)15-8-18-6-13-21(28-4)14-7-18/h6-15,17H,5,16H2,1-4H3,(H,24,26)/b15-8+. The zero-order valence-corrected chi connectivity index (χ0v) is 17.3. The minimum atomic E-state index is -0.582. The van der Waals surface area contributed by atoms with E-state index in [1.165, 1.54) is 6.08 Å². The normalized spacial score (nSPS) is 10.8. The van der Waals surface area contributed by atoms with Gasteiger partial charge in [0, 0.05) is 30.0 Å². The molecule has 0 bridgehead atoms. The Labute approximate surface area is 172 Å². The Bertz CT molecular complexity index is 827. The molecule has 1 amide bonds. The number of hydrogen-bond donors (Lipinski definition) is 1. The van der Waals surface area contributed by atoms with Crippen molar-refractivity contribution in [2.75, 3.05) is 30.5 Å². The number of hydrogen-bond acceptors (Lipinski definition) is 5. The third-order valence-electron chi connectivity index (χ3n) is 4.32. The summed E-state index contributed by atoms with van der Waals surface area (Å²) in [7, 11) is 1.59. The third-order valence-corrected chi connectivity index (χ3v) is 4.32. The van der Waals surface area contributed by atoms with Gasteiger partial charge in [0.15, 0.2) is 6.61 Å². The molecule has 0 radical (unpaired) electrons. The van der Waals surface area contributed by atoms with Gasteiger partial charge in [0.25, 0.3) is 5.91 Å². The second-order valence-corrected chi connectivity index (χ2v) is 6.69. The van der Waals surface area contributed by atoms with E-state index in [0.717, 1.165) is 23.5 Å². The summed E-state index contributed by atoms with van der Waals surface area (Å²) in [6.45, 7) is 6.93. The van der Waals surface area contributed by atoms with Crippen molar-refractivity contribution >= 4 is 29.3 Å². The van der Waals surface area contributed by atoms with Gasteiger partial charge in [-0.2, -0.15) is 0 Å². The number of nitrogens with one attached hydrogen (secondary N) is 1. The highest BCUT2D eigenvalue weighted by atomic mass is 16.5. The number of carbonyl (C=O) groups is 2. The van der Waals surface area contributed by atoms with Gasteiger partial charge >= 0.3 is 5.97 Å². The molecule has 0 spiro atoms. The van der Waals surface area contributed by atoms with E-state index in [0.29, 0.717) is 11.7 Å². The fraction of sp³-hybridized carbons (Fsp3) is 0.304. The lowest BCUT2D eigenvalue weighted by Gasteiger charge is -2.27. The average Bonchev–Trinajstić information content (AvgIpc) is 2.72. The summed E-state index contributed by atoms with van der Waals surface area (Å²) in [6.07, 6.45) is 2.90. The molecule has 0 heterocycles. The number of nitrogens with zero attached hydrogens (tertiary/aromatic N) is 1. The summed E-state index contributed by atoms with van der Waals surface area (Å²) in [4.78, 5) is 26.1. The Morgan fingerprint density at radius 3 is 2.28 bits per heavy atom. The molecule has 0 saturated heterocycles. The molecule has 2 aromatic rings. The quantitative estimate of drug-likeness (QED) is 0.510. The monoisotopic (exact) mass is 396 g/mol. The van der Waals surface area contributed by atoms with E-state index in [1.807, 2.05) is 36.4 Å². The lowest BCUT2D eigenvalue weighted by Crippen LogP contribution is -2.30. The first kappa shape index (κ1) is 22.0. The fourth-order valence-corrected chi connectivity index (χ4v) is 2.84. The summed E-state index contributed by atoms with van der Waals surface area (Å²) in [5.41, 5.74) is 2.58. The Morgan fingerprint density at radius 2 is 1.72 bits per heavy atom. The van der Waals surface area contributed by atoms with E-state index in [1.54, 1.807) is 25.3 Å². The number of anilines is 2. The smallest absolute Gasteiger partial charge is 0.331 e. The molecule has 0 aliphatic heterocycles. The van der Waals surface area contributed by atoms with E-state index in [2.05, 4.69) is 31.0 Å². The van der Waals surface area contributed by atoms with Crippen LogP contribution in [0.15, 0.2) is 54.6 Å². The van der Waals surface area contributed by atoms with Crippen LogP contribution in [-0.4, -0.2) is 38.2 Å². The minimum Gasteiger partial charge on any atom is -0.497 e. The summed E-state index contributed by atoms with van der Waals surface area (Å²) in [5, 5.41) is 2.72. The van der Waals surface area contributed by atoms with Crippen LogP contribution in [0.2, 0.25) is 0 Å². The maximum atomic E-state index is 12.0. The maximum Gasteiger partial charge on any atom is 0.331 e. The molecule has 0 unspecified atom stereocenters. The molecule has 0 aliphatic rings. The van der Waals surface area contributed by atoms with Crippen LogP contribution in [-0.2, 0) is 14.3 Å². The van der Waals surface area contributed by atoms with Gasteiger partial charge in [0.1, 0.15) is 5.75 Å². The van der Waals surface area contributed by atoms with Gasteiger partial charge in [-0.1, -0.05) is 12.1 Å². The Balaban J connectivity index is 1.81. The van der Waals surface area contributed by atoms with Gasteiger partial charge in [0.2, 0.25) is 0 Å². The number of ether oxygens (including phenoxy) is 2. The van der Waals surface area contributed by atoms with Crippen molar-refractivity contribution in [3.8, 4) is 5.75 Å². The van der Waals surface area contributed by atoms with Gasteiger partial charge in [-0.3, -0.25) is 4.79 Å². The number of esters is 1. The molecule has 0 fully saturated rings. The van der Waals surface area contributed by atoms with E-state index in [4.69, 9.17) is 9.47 Å². The van der Waals surface area contributed by atoms with Crippen LogP contribution in [0.4, 0.5) is 11.4 Å². The van der Waals surface area contributed by atoms with Crippen molar-refractivity contribution in [2.24, 2.45) is 0 Å². The first-order chi connectivity index (χ1) is 13.9. The van der Waals surface area contributed by atoms with Crippen LogP contribution in [0.1, 0.15) is 26.3 Å². The van der Waals surface area contributed by atoms with Crippen molar-refractivity contribution in [1.82, 2.24) is 0 Å². The van der Waals surface area contributed by atoms with Crippen LogP contribution in [0, 0.1) is 0 Å². The van der Waals surface area contributed by atoms with Gasteiger partial charge in [-0.15, -0.1) is 0 Å². The van der Waals surface area contributed by atoms with E-state index >= 15 is 0 Å². The topological polar surface area (TPSA) is 67.9 Å². The molecule has 6 heteroatoms. The average molecular weight is 396 g/mol. The van der Waals surface area contributed by atoms with Crippen LogP contribution < -0.4 is 15.0 Å². The maximum absolute atomic E-state index is 12.0. The van der Waals surface area contributed by atoms with Gasteiger partial charge in [0.05, 0.1) is 7.11 Å². The number of rotatable bonds is 9. The van der Waals surface area contributed by atoms with Crippen LogP contribution in [0.3, 0.4) is 0 Å². The first-order valence-electron chi connectivity index (χ1n) is 9.58. The zero-order chi connectivity index (χ0) is 21.2. The number of benzene rings is 2. The molecule has 2 aromatic carbocycles. The second kappa shape index (κ2) is 10.9. The molecule has 0 aromatic heterocycles. The van der Waals surface area contributed by atoms with Crippen molar-refractivity contribution in [3.63, 3.8) is 0 Å². The van der Waals surface area contributed by atoms with Crippen molar-refractivity contribution in [2.45, 2.75) is 26.8 Å². The molecule has 2 rings (SSSR count). The molecular formula is C23H28N2O4. The largest absolute Gasteiger partial charge is 0.497 e.